The molecule has 0 amide bonds. The molecule has 0 bridgehead atoms. The lowest BCUT2D eigenvalue weighted by Gasteiger charge is -2.08. The van der Waals surface area contributed by atoms with Crippen LogP contribution in [0.3, 0.4) is 0 Å². The summed E-state index contributed by atoms with van der Waals surface area (Å²) in [5.74, 6) is -0.511. The largest absolute Gasteiger partial charge is 0.382 e. The number of aromatic nitrogens is 3. The van der Waals surface area contributed by atoms with Crippen molar-refractivity contribution in [1.82, 2.24) is 14.8 Å². The summed E-state index contributed by atoms with van der Waals surface area (Å²) < 4.78 is 15.2. The first-order valence-corrected chi connectivity index (χ1v) is 5.53. The highest BCUT2D eigenvalue weighted by Gasteiger charge is 2.17. The lowest BCUT2D eigenvalue weighted by atomic mass is 10.1. The number of aliphatic hydroxyl groups is 1. The maximum absolute atomic E-state index is 13.4. The average Bonchev–Trinajstić information content (AvgIpc) is 2.78. The van der Waals surface area contributed by atoms with Gasteiger partial charge >= 0.3 is 0 Å². The van der Waals surface area contributed by atoms with E-state index in [1.54, 1.807) is 10.9 Å². The predicted molar refractivity (Wildman–Crippen MR) is 60.8 cm³/mol. The van der Waals surface area contributed by atoms with Crippen molar-refractivity contribution in [3.05, 3.63) is 47.8 Å². The van der Waals surface area contributed by atoms with Crippen molar-refractivity contribution in [1.29, 1.82) is 0 Å². The van der Waals surface area contributed by atoms with Crippen molar-refractivity contribution in [2.24, 2.45) is 0 Å². The van der Waals surface area contributed by atoms with E-state index in [9.17, 15) is 9.50 Å². The molecule has 2 aromatic rings. The highest BCUT2D eigenvalue weighted by atomic mass is 19.1. The number of halogens is 1. The first-order chi connectivity index (χ1) is 8.22. The lowest BCUT2D eigenvalue weighted by molar-refractivity contribution is 0.209. The van der Waals surface area contributed by atoms with Gasteiger partial charge in [0.1, 0.15) is 17.6 Å². The van der Waals surface area contributed by atoms with Crippen molar-refractivity contribution in [2.75, 3.05) is 0 Å². The molecule has 0 radical (unpaired) electrons. The summed E-state index contributed by atoms with van der Waals surface area (Å²) in [5, 5.41) is 14.1. The van der Waals surface area contributed by atoms with Gasteiger partial charge in [-0.1, -0.05) is 6.92 Å². The molecule has 0 aliphatic heterocycles. The molecular weight excluding hydrogens is 221 g/mol. The molecular formula is C12H14FN3O. The predicted octanol–water partition coefficient (Wildman–Crippen LogP) is 1.91. The molecule has 0 spiro atoms. The first kappa shape index (κ1) is 11.7. The number of aryl methyl sites for hydroxylation is 1. The second-order valence-corrected chi connectivity index (χ2v) is 3.81. The monoisotopic (exact) mass is 235 g/mol. The van der Waals surface area contributed by atoms with E-state index in [0.29, 0.717) is 5.56 Å². The van der Waals surface area contributed by atoms with Crippen LogP contribution in [0.1, 0.15) is 30.7 Å². The van der Waals surface area contributed by atoms with Crippen LogP contribution in [0.15, 0.2) is 30.7 Å². The zero-order valence-electron chi connectivity index (χ0n) is 9.55. The van der Waals surface area contributed by atoms with Crippen molar-refractivity contribution in [3.63, 3.8) is 0 Å². The number of hydrogen-bond acceptors (Lipinski definition) is 3. The minimum absolute atomic E-state index is 0.0311. The minimum Gasteiger partial charge on any atom is -0.382 e. The molecule has 1 unspecified atom stereocenters. The van der Waals surface area contributed by atoms with Crippen molar-refractivity contribution in [2.45, 2.75) is 26.0 Å². The highest BCUT2D eigenvalue weighted by molar-refractivity contribution is 5.22. The van der Waals surface area contributed by atoms with Crippen LogP contribution in [0, 0.1) is 5.82 Å². The van der Waals surface area contributed by atoms with Gasteiger partial charge in [-0.3, -0.25) is 9.67 Å². The fourth-order valence-corrected chi connectivity index (χ4v) is 1.63. The van der Waals surface area contributed by atoms with Gasteiger partial charge in [-0.05, 0) is 18.6 Å². The molecule has 1 N–H and O–H groups in total. The van der Waals surface area contributed by atoms with Crippen LogP contribution in [0.2, 0.25) is 0 Å². The molecule has 0 fully saturated rings. The molecule has 0 saturated carbocycles. The van der Waals surface area contributed by atoms with Gasteiger partial charge in [-0.2, -0.15) is 5.10 Å². The second kappa shape index (κ2) is 5.05. The summed E-state index contributed by atoms with van der Waals surface area (Å²) in [6.07, 6.45) is 4.59. The lowest BCUT2D eigenvalue weighted by Crippen LogP contribution is -2.04. The van der Waals surface area contributed by atoms with E-state index in [0.717, 1.165) is 13.0 Å². The van der Waals surface area contributed by atoms with E-state index in [-0.39, 0.29) is 5.69 Å². The SMILES string of the molecule is CCCn1cc(C(O)c2ncccc2F)cn1. The summed E-state index contributed by atoms with van der Waals surface area (Å²) in [6, 6.07) is 2.77. The van der Waals surface area contributed by atoms with Crippen LogP contribution in [-0.2, 0) is 6.54 Å². The van der Waals surface area contributed by atoms with Crippen LogP contribution >= 0.6 is 0 Å². The van der Waals surface area contributed by atoms with E-state index < -0.39 is 11.9 Å². The van der Waals surface area contributed by atoms with E-state index in [2.05, 4.69) is 10.1 Å². The molecule has 1 atom stereocenters. The van der Waals surface area contributed by atoms with Gasteiger partial charge in [0, 0.05) is 24.5 Å². The number of aliphatic hydroxyl groups excluding tert-OH is 1. The second-order valence-electron chi connectivity index (χ2n) is 3.81. The summed E-state index contributed by atoms with van der Waals surface area (Å²) >= 11 is 0. The van der Waals surface area contributed by atoms with E-state index in [1.807, 2.05) is 6.92 Å². The Kier molecular flexibility index (Phi) is 3.49. The Morgan fingerprint density at radius 3 is 3.06 bits per heavy atom. The third kappa shape index (κ3) is 2.50. The Balaban J connectivity index is 2.24. The first-order valence-electron chi connectivity index (χ1n) is 5.53. The third-order valence-electron chi connectivity index (χ3n) is 2.47. The van der Waals surface area contributed by atoms with Crippen LogP contribution in [0.4, 0.5) is 4.39 Å². The van der Waals surface area contributed by atoms with Gasteiger partial charge < -0.3 is 5.11 Å². The Bertz CT molecular complexity index is 498. The quantitative estimate of drug-likeness (QED) is 0.880. The molecule has 0 aromatic carbocycles. The molecule has 17 heavy (non-hydrogen) atoms. The van der Waals surface area contributed by atoms with Crippen molar-refractivity contribution in [3.8, 4) is 0 Å². The highest BCUT2D eigenvalue weighted by Crippen LogP contribution is 2.21. The minimum atomic E-state index is -1.07. The van der Waals surface area contributed by atoms with Gasteiger partial charge in [0.25, 0.3) is 0 Å². The average molecular weight is 235 g/mol. The molecule has 90 valence electrons. The Labute approximate surface area is 98.7 Å². The van der Waals surface area contributed by atoms with E-state index >= 15 is 0 Å². The van der Waals surface area contributed by atoms with Gasteiger partial charge in [0.15, 0.2) is 0 Å². The summed E-state index contributed by atoms with van der Waals surface area (Å²) in [6.45, 7) is 2.81. The van der Waals surface area contributed by atoms with Crippen LogP contribution in [-0.4, -0.2) is 19.9 Å². The van der Waals surface area contributed by atoms with Gasteiger partial charge in [-0.25, -0.2) is 4.39 Å². The van der Waals surface area contributed by atoms with E-state index in [1.165, 1.54) is 24.5 Å². The number of pyridine rings is 1. The smallest absolute Gasteiger partial charge is 0.147 e. The van der Waals surface area contributed by atoms with Crippen LogP contribution in [0.5, 0.6) is 0 Å². The fourth-order valence-electron chi connectivity index (χ4n) is 1.63. The zero-order chi connectivity index (χ0) is 12.3. The molecule has 0 saturated heterocycles. The fraction of sp³-hybridized carbons (Fsp3) is 0.333. The summed E-state index contributed by atoms with van der Waals surface area (Å²) in [4.78, 5) is 3.85. The van der Waals surface area contributed by atoms with Crippen LogP contribution < -0.4 is 0 Å². The molecule has 2 heterocycles. The molecule has 5 heteroatoms. The van der Waals surface area contributed by atoms with Crippen molar-refractivity contribution < 1.29 is 9.50 Å². The van der Waals surface area contributed by atoms with E-state index in [4.69, 9.17) is 0 Å². The molecule has 2 aromatic heterocycles. The number of rotatable bonds is 4. The maximum Gasteiger partial charge on any atom is 0.147 e. The topological polar surface area (TPSA) is 50.9 Å². The summed E-state index contributed by atoms with van der Waals surface area (Å²) in [5.41, 5.74) is 0.583. The summed E-state index contributed by atoms with van der Waals surface area (Å²) in [7, 11) is 0. The number of nitrogens with zero attached hydrogens (tertiary/aromatic N) is 3. The van der Waals surface area contributed by atoms with Crippen LogP contribution in [0.25, 0.3) is 0 Å². The third-order valence-corrected chi connectivity index (χ3v) is 2.47. The molecule has 4 nitrogen and oxygen atoms in total. The Hall–Kier alpha value is -1.75. The Morgan fingerprint density at radius 1 is 1.53 bits per heavy atom. The van der Waals surface area contributed by atoms with Gasteiger partial charge in [0.2, 0.25) is 0 Å². The standard InChI is InChI=1S/C12H14FN3O/c1-2-6-16-8-9(7-15-16)12(17)11-10(13)4-3-5-14-11/h3-5,7-8,12,17H,2,6H2,1H3. The zero-order valence-corrected chi connectivity index (χ0v) is 9.55. The normalized spacial score (nSPS) is 12.6. The molecule has 0 aliphatic carbocycles. The van der Waals surface area contributed by atoms with Gasteiger partial charge in [0.05, 0.1) is 6.20 Å². The molecule has 2 rings (SSSR count). The van der Waals surface area contributed by atoms with Crippen molar-refractivity contribution >= 4 is 0 Å². The molecule has 0 aliphatic rings. The Morgan fingerprint density at radius 2 is 2.35 bits per heavy atom. The maximum atomic E-state index is 13.4. The van der Waals surface area contributed by atoms with Gasteiger partial charge in [-0.15, -0.1) is 0 Å². The number of hydrogen-bond donors (Lipinski definition) is 1.